The van der Waals surface area contributed by atoms with Gasteiger partial charge in [0.25, 0.3) is 0 Å². The Morgan fingerprint density at radius 3 is 2.36 bits per heavy atom. The highest BCUT2D eigenvalue weighted by molar-refractivity contribution is 7.89. The number of rotatable bonds is 8. The summed E-state index contributed by atoms with van der Waals surface area (Å²) in [6.45, 7) is 6.92. The fourth-order valence-corrected chi connectivity index (χ4v) is 6.51. The van der Waals surface area contributed by atoms with Crippen LogP contribution in [-0.2, 0) is 14.8 Å². The van der Waals surface area contributed by atoms with Crippen LogP contribution in [0.4, 0.5) is 0 Å². The number of hydrogen-bond donors (Lipinski definition) is 0. The lowest BCUT2D eigenvalue weighted by molar-refractivity contribution is -0.138. The van der Waals surface area contributed by atoms with Crippen LogP contribution >= 0.6 is 11.6 Å². The van der Waals surface area contributed by atoms with Crippen molar-refractivity contribution in [3.8, 4) is 5.75 Å². The number of piperazine rings is 1. The molecule has 2 aliphatic rings. The minimum atomic E-state index is -3.67. The van der Waals surface area contributed by atoms with Crippen LogP contribution < -0.4 is 4.74 Å². The molecule has 1 amide bonds. The van der Waals surface area contributed by atoms with Gasteiger partial charge in [-0.3, -0.25) is 9.69 Å². The van der Waals surface area contributed by atoms with Gasteiger partial charge in [0.2, 0.25) is 15.9 Å². The van der Waals surface area contributed by atoms with E-state index in [2.05, 4.69) is 29.2 Å². The van der Waals surface area contributed by atoms with Crippen LogP contribution in [0.15, 0.2) is 59.5 Å². The van der Waals surface area contributed by atoms with E-state index in [4.69, 9.17) is 16.3 Å². The molecule has 0 unspecified atom stereocenters. The summed E-state index contributed by atoms with van der Waals surface area (Å²) in [7, 11) is -3.67. The molecule has 2 fully saturated rings. The van der Waals surface area contributed by atoms with Crippen molar-refractivity contribution in [1.82, 2.24) is 14.1 Å². The van der Waals surface area contributed by atoms with Crippen molar-refractivity contribution >= 4 is 33.6 Å². The fourth-order valence-electron chi connectivity index (χ4n) is 4.72. The molecule has 0 atom stereocenters. The maximum absolute atomic E-state index is 13.1. The maximum atomic E-state index is 13.1. The third kappa shape index (κ3) is 6.48. The molecule has 7 nitrogen and oxygen atoms in total. The molecule has 2 heterocycles. The summed E-state index contributed by atoms with van der Waals surface area (Å²) in [5.41, 5.74) is 1.19. The van der Waals surface area contributed by atoms with Gasteiger partial charge in [-0.05, 0) is 43.5 Å². The average Bonchev–Trinajstić information content (AvgIpc) is 2.90. The van der Waals surface area contributed by atoms with Gasteiger partial charge in [-0.1, -0.05) is 54.1 Å². The van der Waals surface area contributed by atoms with Crippen molar-refractivity contribution in [2.24, 2.45) is 5.92 Å². The van der Waals surface area contributed by atoms with Crippen LogP contribution in [0.25, 0.3) is 6.08 Å². The normalized spacial score (nSPS) is 18.6. The first kappa shape index (κ1) is 26.7. The maximum Gasteiger partial charge on any atom is 0.243 e. The van der Waals surface area contributed by atoms with Gasteiger partial charge in [0.05, 0.1) is 16.5 Å². The van der Waals surface area contributed by atoms with E-state index in [1.807, 2.05) is 30.0 Å². The van der Waals surface area contributed by atoms with E-state index in [1.165, 1.54) is 22.0 Å². The van der Waals surface area contributed by atoms with E-state index in [0.717, 1.165) is 19.6 Å². The number of ether oxygens (including phenoxy) is 1. The largest absolute Gasteiger partial charge is 0.492 e. The first-order chi connectivity index (χ1) is 17.4. The minimum absolute atomic E-state index is 0.134. The summed E-state index contributed by atoms with van der Waals surface area (Å²) in [5.74, 6) is 0.482. The highest BCUT2D eigenvalue weighted by Gasteiger charge is 2.34. The van der Waals surface area contributed by atoms with Gasteiger partial charge in [-0.25, -0.2) is 8.42 Å². The van der Waals surface area contributed by atoms with Gasteiger partial charge in [0.1, 0.15) is 5.75 Å². The Labute approximate surface area is 219 Å². The number of hydrogen-bond acceptors (Lipinski definition) is 5. The van der Waals surface area contributed by atoms with E-state index in [-0.39, 0.29) is 21.7 Å². The average molecular weight is 532 g/mol. The van der Waals surface area contributed by atoms with Gasteiger partial charge in [-0.15, -0.1) is 0 Å². The topological polar surface area (TPSA) is 70.2 Å². The molecular weight excluding hydrogens is 498 g/mol. The van der Waals surface area contributed by atoms with Gasteiger partial charge in [0.15, 0.2) is 0 Å². The molecule has 0 aromatic heterocycles. The van der Waals surface area contributed by atoms with E-state index < -0.39 is 10.0 Å². The third-order valence-corrected chi connectivity index (χ3v) is 8.99. The Bertz CT molecular complexity index is 1160. The monoisotopic (exact) mass is 531 g/mol. The van der Waals surface area contributed by atoms with Crippen molar-refractivity contribution in [3.05, 3.63) is 65.2 Å². The van der Waals surface area contributed by atoms with Crippen molar-refractivity contribution in [2.45, 2.75) is 24.7 Å². The second-order valence-electron chi connectivity index (χ2n) is 9.14. The summed E-state index contributed by atoms with van der Waals surface area (Å²) in [6.07, 6.45) is 5.35. The summed E-state index contributed by atoms with van der Waals surface area (Å²) in [5, 5.41) is 0.276. The quantitative estimate of drug-likeness (QED) is 0.515. The SMILES string of the molecule is CCOc1ccc(S(=O)(=O)N2CCC(C(=O)N3CCN(C/C=C/c4ccccc4)CC3)CC2)cc1Cl. The Morgan fingerprint density at radius 1 is 1.03 bits per heavy atom. The zero-order valence-corrected chi connectivity index (χ0v) is 22.3. The number of carbonyl (C=O) groups excluding carboxylic acids is 1. The summed E-state index contributed by atoms with van der Waals surface area (Å²) < 4.78 is 33.1. The van der Waals surface area contributed by atoms with Crippen LogP contribution in [0.3, 0.4) is 0 Å². The van der Waals surface area contributed by atoms with Crippen molar-refractivity contribution in [2.75, 3.05) is 52.4 Å². The van der Waals surface area contributed by atoms with Crippen molar-refractivity contribution in [1.29, 1.82) is 0 Å². The molecule has 0 aliphatic carbocycles. The van der Waals surface area contributed by atoms with Gasteiger partial charge in [0, 0.05) is 51.7 Å². The minimum Gasteiger partial charge on any atom is -0.492 e. The zero-order chi connectivity index (χ0) is 25.5. The van der Waals surface area contributed by atoms with Crippen LogP contribution in [0.1, 0.15) is 25.3 Å². The van der Waals surface area contributed by atoms with Crippen LogP contribution in [0.5, 0.6) is 5.75 Å². The molecule has 2 aromatic rings. The molecule has 0 saturated carbocycles. The Hall–Kier alpha value is -2.39. The van der Waals surface area contributed by atoms with E-state index in [0.29, 0.717) is 51.4 Å². The lowest BCUT2D eigenvalue weighted by Gasteiger charge is -2.38. The number of carbonyl (C=O) groups is 1. The molecule has 194 valence electrons. The summed E-state index contributed by atoms with van der Waals surface area (Å²) in [6, 6.07) is 14.8. The lowest BCUT2D eigenvalue weighted by Crippen LogP contribution is -2.51. The highest BCUT2D eigenvalue weighted by Crippen LogP contribution is 2.31. The number of sulfonamides is 1. The first-order valence-corrected chi connectivity index (χ1v) is 14.4. The molecule has 2 saturated heterocycles. The molecule has 2 aromatic carbocycles. The van der Waals surface area contributed by atoms with E-state index >= 15 is 0 Å². The summed E-state index contributed by atoms with van der Waals surface area (Å²) in [4.78, 5) is 17.6. The molecule has 9 heteroatoms. The van der Waals surface area contributed by atoms with E-state index in [9.17, 15) is 13.2 Å². The predicted octanol–water partition coefficient (Wildman–Crippen LogP) is 4.00. The second kappa shape index (κ2) is 12.2. The smallest absolute Gasteiger partial charge is 0.243 e. The third-order valence-electron chi connectivity index (χ3n) is 6.80. The molecule has 4 rings (SSSR count). The Balaban J connectivity index is 1.25. The number of benzene rings is 2. The van der Waals surface area contributed by atoms with Crippen molar-refractivity contribution < 1.29 is 17.9 Å². The number of nitrogens with zero attached hydrogens (tertiary/aromatic N) is 3. The van der Waals surface area contributed by atoms with Crippen molar-refractivity contribution in [3.63, 3.8) is 0 Å². The zero-order valence-electron chi connectivity index (χ0n) is 20.7. The standard InChI is InChI=1S/C27H34ClN3O4S/c1-2-35-26-11-10-24(21-25(26)28)36(33,34)31-15-12-23(13-16-31)27(32)30-19-17-29(18-20-30)14-6-9-22-7-4-3-5-8-22/h3-11,21,23H,2,12-20H2,1H3/b9-6+. The Morgan fingerprint density at radius 2 is 1.72 bits per heavy atom. The summed E-state index contributed by atoms with van der Waals surface area (Å²) >= 11 is 6.20. The molecule has 0 N–H and O–H groups in total. The van der Waals surface area contributed by atoms with Gasteiger partial charge in [-0.2, -0.15) is 4.31 Å². The molecule has 36 heavy (non-hydrogen) atoms. The molecule has 0 bridgehead atoms. The predicted molar refractivity (Wildman–Crippen MR) is 143 cm³/mol. The molecule has 0 radical (unpaired) electrons. The number of piperidine rings is 1. The Kier molecular flexibility index (Phi) is 9.06. The van der Waals surface area contributed by atoms with Crippen LogP contribution in [0, 0.1) is 5.92 Å². The highest BCUT2D eigenvalue weighted by atomic mass is 35.5. The second-order valence-corrected chi connectivity index (χ2v) is 11.5. The number of amides is 1. The fraction of sp³-hybridized carbons (Fsp3) is 0.444. The lowest BCUT2D eigenvalue weighted by atomic mass is 9.96. The molecule has 0 spiro atoms. The van der Waals surface area contributed by atoms with Crippen LogP contribution in [-0.4, -0.2) is 80.9 Å². The molecular formula is C27H34ClN3O4S. The van der Waals surface area contributed by atoms with Gasteiger partial charge < -0.3 is 9.64 Å². The van der Waals surface area contributed by atoms with Gasteiger partial charge >= 0.3 is 0 Å². The van der Waals surface area contributed by atoms with E-state index in [1.54, 1.807) is 6.07 Å². The molecule has 2 aliphatic heterocycles. The van der Waals surface area contributed by atoms with Crippen LogP contribution in [0.2, 0.25) is 5.02 Å². The first-order valence-electron chi connectivity index (χ1n) is 12.5. The number of halogens is 1.